The summed E-state index contributed by atoms with van der Waals surface area (Å²) in [6.07, 6.45) is 0.362. The highest BCUT2D eigenvalue weighted by molar-refractivity contribution is 7.14. The molecule has 162 valence electrons. The molecule has 0 spiro atoms. The summed E-state index contributed by atoms with van der Waals surface area (Å²) in [4.78, 5) is 29.7. The van der Waals surface area contributed by atoms with Gasteiger partial charge in [0.1, 0.15) is 17.6 Å². The van der Waals surface area contributed by atoms with E-state index in [-0.39, 0.29) is 17.3 Å². The number of carbonyl (C=O) groups is 2. The van der Waals surface area contributed by atoms with Gasteiger partial charge in [0, 0.05) is 18.3 Å². The van der Waals surface area contributed by atoms with E-state index in [1.165, 1.54) is 17.4 Å². The number of nitrogens with one attached hydrogen (secondary N) is 3. The number of anilines is 2. The van der Waals surface area contributed by atoms with Gasteiger partial charge in [-0.1, -0.05) is 56.3 Å². The van der Waals surface area contributed by atoms with Gasteiger partial charge in [-0.25, -0.2) is 9.37 Å². The highest BCUT2D eigenvalue weighted by atomic mass is 32.1. The van der Waals surface area contributed by atoms with Crippen LogP contribution in [0.4, 0.5) is 15.2 Å². The molecule has 1 unspecified atom stereocenters. The molecule has 0 saturated carbocycles. The van der Waals surface area contributed by atoms with Crippen LogP contribution >= 0.6 is 11.3 Å². The zero-order chi connectivity index (χ0) is 22.2. The molecule has 2 amide bonds. The second kappa shape index (κ2) is 10.7. The van der Waals surface area contributed by atoms with Crippen LogP contribution in [0.15, 0.2) is 60.0 Å². The van der Waals surface area contributed by atoms with Gasteiger partial charge in [0.2, 0.25) is 5.91 Å². The van der Waals surface area contributed by atoms with Crippen LogP contribution < -0.4 is 16.0 Å². The van der Waals surface area contributed by atoms with E-state index in [1.54, 1.807) is 23.6 Å². The van der Waals surface area contributed by atoms with Crippen molar-refractivity contribution in [3.63, 3.8) is 0 Å². The standard InChI is InChI=1S/C23H25FN4O2S/c1-15(2)13-25-21(29)19(12-16-8-4-3-5-9-16)26-22(30)20-14-31-23(28-20)27-18-11-7-6-10-17(18)24/h3-11,14-15,19H,12-13H2,1-2H3,(H,25,29)(H,26,30)(H,27,28). The van der Waals surface area contributed by atoms with Crippen LogP contribution in [0.2, 0.25) is 0 Å². The van der Waals surface area contributed by atoms with Crippen molar-refractivity contribution in [2.45, 2.75) is 26.3 Å². The summed E-state index contributed by atoms with van der Waals surface area (Å²) in [7, 11) is 0. The van der Waals surface area contributed by atoms with Crippen molar-refractivity contribution in [3.8, 4) is 0 Å². The maximum atomic E-state index is 13.8. The first-order chi connectivity index (χ1) is 14.9. The molecule has 0 saturated heterocycles. The summed E-state index contributed by atoms with van der Waals surface area (Å²) in [5, 5.41) is 10.5. The zero-order valence-electron chi connectivity index (χ0n) is 17.4. The van der Waals surface area contributed by atoms with E-state index in [1.807, 2.05) is 44.2 Å². The third-order valence-electron chi connectivity index (χ3n) is 4.44. The Balaban J connectivity index is 1.70. The molecule has 0 aliphatic rings. The normalized spacial score (nSPS) is 11.7. The number of benzene rings is 2. The summed E-state index contributed by atoms with van der Waals surface area (Å²) in [5.74, 6) is -0.819. The topological polar surface area (TPSA) is 83.1 Å². The van der Waals surface area contributed by atoms with E-state index >= 15 is 0 Å². The van der Waals surface area contributed by atoms with Gasteiger partial charge in [-0.2, -0.15) is 0 Å². The minimum atomic E-state index is -0.738. The molecule has 2 aromatic carbocycles. The SMILES string of the molecule is CC(C)CNC(=O)C(Cc1ccccc1)NC(=O)c1csc(Nc2ccccc2F)n1. The third-order valence-corrected chi connectivity index (χ3v) is 5.20. The highest BCUT2D eigenvalue weighted by Crippen LogP contribution is 2.23. The first-order valence-electron chi connectivity index (χ1n) is 10.0. The molecule has 3 rings (SSSR count). The van der Waals surface area contributed by atoms with Crippen LogP contribution in [-0.2, 0) is 11.2 Å². The Bertz CT molecular complexity index is 1020. The van der Waals surface area contributed by atoms with Crippen LogP contribution in [0, 0.1) is 11.7 Å². The molecule has 8 heteroatoms. The van der Waals surface area contributed by atoms with Crippen LogP contribution in [0.1, 0.15) is 29.9 Å². The molecule has 3 N–H and O–H groups in total. The van der Waals surface area contributed by atoms with Gasteiger partial charge in [0.05, 0.1) is 5.69 Å². The van der Waals surface area contributed by atoms with Crippen molar-refractivity contribution in [2.24, 2.45) is 5.92 Å². The number of thiazole rings is 1. The van der Waals surface area contributed by atoms with E-state index in [2.05, 4.69) is 20.9 Å². The minimum absolute atomic E-state index is 0.165. The lowest BCUT2D eigenvalue weighted by atomic mass is 10.0. The van der Waals surface area contributed by atoms with Crippen LogP contribution in [0.5, 0.6) is 0 Å². The monoisotopic (exact) mass is 440 g/mol. The zero-order valence-corrected chi connectivity index (χ0v) is 18.2. The Morgan fingerprint density at radius 1 is 1.06 bits per heavy atom. The summed E-state index contributed by atoms with van der Waals surface area (Å²) in [6.45, 7) is 4.53. The number of halogens is 1. The smallest absolute Gasteiger partial charge is 0.271 e. The maximum absolute atomic E-state index is 13.8. The molecule has 0 bridgehead atoms. The van der Waals surface area contributed by atoms with E-state index in [4.69, 9.17) is 0 Å². The van der Waals surface area contributed by atoms with Gasteiger partial charge < -0.3 is 16.0 Å². The Hall–Kier alpha value is -3.26. The average molecular weight is 441 g/mol. The van der Waals surface area contributed by atoms with Crippen molar-refractivity contribution < 1.29 is 14.0 Å². The lowest BCUT2D eigenvalue weighted by Crippen LogP contribution is -2.48. The number of para-hydroxylation sites is 1. The van der Waals surface area contributed by atoms with E-state index < -0.39 is 17.8 Å². The van der Waals surface area contributed by atoms with Gasteiger partial charge in [-0.15, -0.1) is 11.3 Å². The van der Waals surface area contributed by atoms with Gasteiger partial charge in [0.15, 0.2) is 5.13 Å². The van der Waals surface area contributed by atoms with Crippen molar-refractivity contribution in [1.29, 1.82) is 0 Å². The maximum Gasteiger partial charge on any atom is 0.271 e. The second-order valence-electron chi connectivity index (χ2n) is 7.50. The number of aromatic nitrogens is 1. The van der Waals surface area contributed by atoms with Gasteiger partial charge in [-0.3, -0.25) is 9.59 Å². The van der Waals surface area contributed by atoms with Crippen molar-refractivity contribution >= 4 is 34.0 Å². The van der Waals surface area contributed by atoms with Crippen molar-refractivity contribution in [3.05, 3.63) is 77.1 Å². The number of carbonyl (C=O) groups excluding carboxylic acids is 2. The van der Waals surface area contributed by atoms with Crippen LogP contribution in [0.3, 0.4) is 0 Å². The number of nitrogens with zero attached hydrogens (tertiary/aromatic N) is 1. The molecule has 31 heavy (non-hydrogen) atoms. The average Bonchev–Trinajstić information content (AvgIpc) is 3.22. The molecular formula is C23H25FN4O2S. The molecule has 0 radical (unpaired) electrons. The minimum Gasteiger partial charge on any atom is -0.354 e. The fourth-order valence-corrected chi connectivity index (χ4v) is 3.54. The van der Waals surface area contributed by atoms with Crippen LogP contribution in [0.25, 0.3) is 0 Å². The highest BCUT2D eigenvalue weighted by Gasteiger charge is 2.23. The first-order valence-corrected chi connectivity index (χ1v) is 10.9. The van der Waals surface area contributed by atoms with Gasteiger partial charge in [0.25, 0.3) is 5.91 Å². The van der Waals surface area contributed by atoms with Crippen molar-refractivity contribution in [1.82, 2.24) is 15.6 Å². The predicted octanol–water partition coefficient (Wildman–Crippen LogP) is 4.14. The quantitative estimate of drug-likeness (QED) is 0.467. The number of amides is 2. The lowest BCUT2D eigenvalue weighted by molar-refractivity contribution is -0.123. The van der Waals surface area contributed by atoms with E-state index in [0.717, 1.165) is 5.56 Å². The lowest BCUT2D eigenvalue weighted by Gasteiger charge is -2.19. The van der Waals surface area contributed by atoms with E-state index in [9.17, 15) is 14.0 Å². The van der Waals surface area contributed by atoms with Crippen molar-refractivity contribution in [2.75, 3.05) is 11.9 Å². The summed E-state index contributed by atoms with van der Waals surface area (Å²) in [5.41, 5.74) is 1.38. The fourth-order valence-electron chi connectivity index (χ4n) is 2.83. The van der Waals surface area contributed by atoms with Gasteiger partial charge >= 0.3 is 0 Å². The number of rotatable bonds is 9. The number of hydrogen-bond acceptors (Lipinski definition) is 5. The molecule has 0 fully saturated rings. The fraction of sp³-hybridized carbons (Fsp3) is 0.261. The molecule has 0 aliphatic heterocycles. The number of hydrogen-bond donors (Lipinski definition) is 3. The summed E-state index contributed by atoms with van der Waals surface area (Å²) >= 11 is 1.18. The molecule has 1 aromatic heterocycles. The Morgan fingerprint density at radius 3 is 2.48 bits per heavy atom. The van der Waals surface area contributed by atoms with E-state index in [0.29, 0.717) is 24.0 Å². The first kappa shape index (κ1) is 22.4. The Kier molecular flexibility index (Phi) is 7.72. The Labute approximate surface area is 184 Å². The Morgan fingerprint density at radius 2 is 1.77 bits per heavy atom. The predicted molar refractivity (Wildman–Crippen MR) is 121 cm³/mol. The molecule has 6 nitrogen and oxygen atoms in total. The largest absolute Gasteiger partial charge is 0.354 e. The molecule has 0 aliphatic carbocycles. The summed E-state index contributed by atoms with van der Waals surface area (Å²) < 4.78 is 13.8. The van der Waals surface area contributed by atoms with Crippen LogP contribution in [-0.4, -0.2) is 29.4 Å². The van der Waals surface area contributed by atoms with Gasteiger partial charge in [-0.05, 0) is 23.6 Å². The summed E-state index contributed by atoms with van der Waals surface area (Å²) in [6, 6.07) is 15.0. The second-order valence-corrected chi connectivity index (χ2v) is 8.36. The molecule has 1 atom stereocenters. The third kappa shape index (κ3) is 6.62. The molecular weight excluding hydrogens is 415 g/mol. The molecule has 3 aromatic rings. The molecule has 1 heterocycles.